The first-order chi connectivity index (χ1) is 18.8. The van der Waals surface area contributed by atoms with E-state index in [1.165, 1.54) is 0 Å². The van der Waals surface area contributed by atoms with Crippen molar-refractivity contribution < 1.29 is 14.6 Å². The smallest absolute Gasteiger partial charge is 0.243 e. The molecule has 1 heterocycles. The van der Waals surface area contributed by atoms with E-state index < -0.39 is 16.9 Å². The maximum absolute atomic E-state index is 14.3. The summed E-state index contributed by atoms with van der Waals surface area (Å²) in [6.07, 6.45) is 0.797. The Morgan fingerprint density at radius 2 is 1.59 bits per heavy atom. The number of ether oxygens (including phenoxy) is 1. The van der Waals surface area contributed by atoms with E-state index in [1.807, 2.05) is 91.0 Å². The Balaban J connectivity index is 1.55. The molecule has 4 aromatic rings. The quantitative estimate of drug-likeness (QED) is 0.272. The monoisotopic (exact) mass is 582 g/mol. The minimum Gasteiger partial charge on any atom is -0.496 e. The minimum atomic E-state index is -1.42. The molecule has 6 heteroatoms. The van der Waals surface area contributed by atoms with Gasteiger partial charge in [0.25, 0.3) is 0 Å². The highest BCUT2D eigenvalue weighted by molar-refractivity contribution is 9.10. The fourth-order valence-corrected chi connectivity index (χ4v) is 6.15. The third-order valence-corrected chi connectivity index (χ3v) is 8.63. The highest BCUT2D eigenvalue weighted by Gasteiger charge is 2.48. The number of para-hydroxylation sites is 1. The molecule has 4 aromatic carbocycles. The number of carbonyl (C=O) groups excluding carboxylic acids is 1. The third kappa shape index (κ3) is 4.93. The number of nitrogens with zero attached hydrogens (tertiary/aromatic N) is 2. The molecular weight excluding hydrogens is 552 g/mol. The van der Waals surface area contributed by atoms with E-state index in [0.717, 1.165) is 31.9 Å². The maximum Gasteiger partial charge on any atom is 0.243 e. The summed E-state index contributed by atoms with van der Waals surface area (Å²) in [7, 11) is 1.61. The summed E-state index contributed by atoms with van der Waals surface area (Å²) in [6.45, 7) is 2.46. The Morgan fingerprint density at radius 1 is 0.974 bits per heavy atom. The zero-order valence-corrected chi connectivity index (χ0v) is 23.7. The van der Waals surface area contributed by atoms with Gasteiger partial charge in [0.05, 0.1) is 18.8 Å². The predicted molar refractivity (Wildman–Crippen MR) is 156 cm³/mol. The van der Waals surface area contributed by atoms with Crippen LogP contribution >= 0.6 is 15.9 Å². The number of fused-ring (bicyclic) bond motifs is 1. The molecule has 2 atom stereocenters. The van der Waals surface area contributed by atoms with E-state index in [1.54, 1.807) is 18.9 Å². The molecule has 0 aliphatic carbocycles. The average Bonchev–Trinajstić information content (AvgIpc) is 2.98. The number of benzene rings is 4. The Hall–Kier alpha value is -3.66. The molecule has 1 saturated heterocycles. The Kier molecular flexibility index (Phi) is 7.48. The Morgan fingerprint density at radius 3 is 2.28 bits per heavy atom. The standard InChI is InChI=1S/C33H31BrN2O3/c1-32(22-35,31(37)36-20-18-33(38,19-21-36)24-14-16-25(34)17-15-24)30(28-11-5-6-13-29(28)39-2)27-12-7-9-23-8-3-4-10-26(23)27/h3-17,30,38H,18-21H2,1-2H3/t30?,32-/m1/s1. The molecule has 0 spiro atoms. The molecule has 5 rings (SSSR count). The molecular formula is C33H31BrN2O3. The van der Waals surface area contributed by atoms with Crippen LogP contribution in [0.4, 0.5) is 0 Å². The lowest BCUT2D eigenvalue weighted by Crippen LogP contribution is -2.51. The fourth-order valence-electron chi connectivity index (χ4n) is 5.89. The first kappa shape index (κ1) is 26.9. The van der Waals surface area contributed by atoms with Crippen molar-refractivity contribution in [3.05, 3.63) is 112 Å². The lowest BCUT2D eigenvalue weighted by Gasteiger charge is -2.42. The lowest BCUT2D eigenvalue weighted by molar-refractivity contribution is -0.143. The third-order valence-electron chi connectivity index (χ3n) is 8.10. The van der Waals surface area contributed by atoms with Gasteiger partial charge in [0, 0.05) is 29.0 Å². The van der Waals surface area contributed by atoms with Crippen LogP contribution in [-0.2, 0) is 10.4 Å². The van der Waals surface area contributed by atoms with Gasteiger partial charge in [0.1, 0.15) is 11.2 Å². The van der Waals surface area contributed by atoms with Gasteiger partial charge in [0.2, 0.25) is 5.91 Å². The molecule has 0 bridgehead atoms. The molecule has 39 heavy (non-hydrogen) atoms. The van der Waals surface area contributed by atoms with Crippen LogP contribution in [-0.4, -0.2) is 36.1 Å². The molecule has 198 valence electrons. The number of nitriles is 1. The second-order valence-electron chi connectivity index (χ2n) is 10.4. The van der Waals surface area contributed by atoms with Gasteiger partial charge in [-0.25, -0.2) is 0 Å². The van der Waals surface area contributed by atoms with Crippen LogP contribution in [0.5, 0.6) is 5.75 Å². The summed E-state index contributed by atoms with van der Waals surface area (Å²) >= 11 is 3.45. The summed E-state index contributed by atoms with van der Waals surface area (Å²) in [5, 5.41) is 24.2. The number of likely N-dealkylation sites (tertiary alicyclic amines) is 1. The van der Waals surface area contributed by atoms with Gasteiger partial charge < -0.3 is 14.7 Å². The Bertz CT molecular complexity index is 1530. The first-order valence-corrected chi connectivity index (χ1v) is 13.9. The van der Waals surface area contributed by atoms with Crippen LogP contribution in [0, 0.1) is 16.7 Å². The molecule has 1 amide bonds. The van der Waals surface area contributed by atoms with Crippen molar-refractivity contribution in [1.29, 1.82) is 5.26 Å². The molecule has 1 fully saturated rings. The van der Waals surface area contributed by atoms with E-state index in [-0.39, 0.29) is 5.91 Å². The topological polar surface area (TPSA) is 73.6 Å². The molecule has 0 radical (unpaired) electrons. The number of amides is 1. The van der Waals surface area contributed by atoms with Gasteiger partial charge in [-0.15, -0.1) is 0 Å². The van der Waals surface area contributed by atoms with Gasteiger partial charge in [0.15, 0.2) is 0 Å². The largest absolute Gasteiger partial charge is 0.496 e. The van der Waals surface area contributed by atoms with Crippen molar-refractivity contribution >= 4 is 32.6 Å². The van der Waals surface area contributed by atoms with Crippen LogP contribution in [0.1, 0.15) is 42.4 Å². The van der Waals surface area contributed by atoms with E-state index in [9.17, 15) is 15.2 Å². The van der Waals surface area contributed by atoms with Crippen molar-refractivity contribution in [2.75, 3.05) is 20.2 Å². The number of rotatable bonds is 6. The summed E-state index contributed by atoms with van der Waals surface area (Å²) in [5.41, 5.74) is 0.0864. The van der Waals surface area contributed by atoms with Crippen LogP contribution in [0.3, 0.4) is 0 Å². The van der Waals surface area contributed by atoms with Crippen molar-refractivity contribution in [1.82, 2.24) is 4.90 Å². The highest BCUT2D eigenvalue weighted by Crippen LogP contribution is 2.48. The Labute approximate surface area is 237 Å². The van der Waals surface area contributed by atoms with Crippen molar-refractivity contribution in [3.8, 4) is 11.8 Å². The van der Waals surface area contributed by atoms with Crippen LogP contribution < -0.4 is 4.74 Å². The van der Waals surface area contributed by atoms with E-state index >= 15 is 0 Å². The van der Waals surface area contributed by atoms with Crippen molar-refractivity contribution in [3.63, 3.8) is 0 Å². The van der Waals surface area contributed by atoms with Gasteiger partial charge in [-0.1, -0.05) is 88.7 Å². The van der Waals surface area contributed by atoms with Crippen LogP contribution in [0.2, 0.25) is 0 Å². The molecule has 1 aliphatic rings. The SMILES string of the molecule is COc1ccccc1C(c1cccc2ccccc12)[C@@](C)(C#N)C(=O)N1CCC(O)(c2ccc(Br)cc2)CC1. The second kappa shape index (κ2) is 10.8. The predicted octanol–water partition coefficient (Wildman–Crippen LogP) is 6.78. The number of methoxy groups -OCH3 is 1. The van der Waals surface area contributed by atoms with Gasteiger partial charge in [-0.3, -0.25) is 4.79 Å². The number of piperidine rings is 1. The summed E-state index contributed by atoms with van der Waals surface area (Å²) in [4.78, 5) is 16.1. The second-order valence-corrected chi connectivity index (χ2v) is 11.3. The molecule has 1 aliphatic heterocycles. The number of carbonyl (C=O) groups is 1. The summed E-state index contributed by atoms with van der Waals surface area (Å²) in [5.74, 6) is -0.191. The molecule has 1 N–H and O–H groups in total. The lowest BCUT2D eigenvalue weighted by atomic mass is 9.68. The number of hydrogen-bond donors (Lipinski definition) is 1. The number of hydrogen-bond acceptors (Lipinski definition) is 4. The summed E-state index contributed by atoms with van der Waals surface area (Å²) in [6, 6.07) is 31.8. The summed E-state index contributed by atoms with van der Waals surface area (Å²) < 4.78 is 6.69. The van der Waals surface area contributed by atoms with Gasteiger partial charge >= 0.3 is 0 Å². The average molecular weight is 584 g/mol. The zero-order chi connectivity index (χ0) is 27.6. The van der Waals surface area contributed by atoms with Crippen LogP contribution in [0.25, 0.3) is 10.8 Å². The number of aliphatic hydroxyl groups is 1. The van der Waals surface area contributed by atoms with Gasteiger partial charge in [-0.2, -0.15) is 5.26 Å². The van der Waals surface area contributed by atoms with Crippen molar-refractivity contribution in [2.24, 2.45) is 5.41 Å². The molecule has 5 nitrogen and oxygen atoms in total. The fraction of sp³-hybridized carbons (Fsp3) is 0.273. The normalized spacial score (nSPS) is 17.2. The number of halogens is 1. The minimum absolute atomic E-state index is 0.244. The molecule has 0 saturated carbocycles. The highest BCUT2D eigenvalue weighted by atomic mass is 79.9. The maximum atomic E-state index is 14.3. The van der Waals surface area contributed by atoms with E-state index in [2.05, 4.69) is 22.0 Å². The molecule has 1 unspecified atom stereocenters. The first-order valence-electron chi connectivity index (χ1n) is 13.1. The zero-order valence-electron chi connectivity index (χ0n) is 22.1. The van der Waals surface area contributed by atoms with E-state index in [0.29, 0.717) is 31.7 Å². The van der Waals surface area contributed by atoms with E-state index in [4.69, 9.17) is 4.74 Å². The van der Waals surface area contributed by atoms with Crippen LogP contribution in [0.15, 0.2) is 95.5 Å². The van der Waals surface area contributed by atoms with Crippen molar-refractivity contribution in [2.45, 2.75) is 31.3 Å². The molecule has 0 aromatic heterocycles. The van der Waals surface area contributed by atoms with Gasteiger partial charge in [-0.05, 0) is 59.9 Å².